The first kappa shape index (κ1) is 36.4. The molecule has 0 spiro atoms. The number of guanidine groups is 1. The third-order valence-electron chi connectivity index (χ3n) is 8.53. The molecule has 2 aromatic heterocycles. The minimum atomic E-state index is -2.94. The second kappa shape index (κ2) is 13.6. The summed E-state index contributed by atoms with van der Waals surface area (Å²) in [6, 6.07) is 9.89. The van der Waals surface area contributed by atoms with Gasteiger partial charge in [0.15, 0.2) is 5.82 Å². The number of ether oxygens (including phenoxy) is 1. The van der Waals surface area contributed by atoms with Crippen LogP contribution in [0.2, 0.25) is 5.02 Å². The summed E-state index contributed by atoms with van der Waals surface area (Å²) in [5.41, 5.74) is 5.54. The highest BCUT2D eigenvalue weighted by Gasteiger charge is 2.51. The van der Waals surface area contributed by atoms with Crippen LogP contribution in [0.5, 0.6) is 0 Å². The highest BCUT2D eigenvalue weighted by atomic mass is 35.5. The fraction of sp³-hybridized carbons (Fsp3) is 0.371. The van der Waals surface area contributed by atoms with E-state index in [1.165, 1.54) is 29.4 Å². The number of halogens is 5. The molecular weight excluding hydrogens is 706 g/mol. The van der Waals surface area contributed by atoms with Crippen molar-refractivity contribution in [3.05, 3.63) is 77.3 Å². The van der Waals surface area contributed by atoms with Crippen molar-refractivity contribution in [3.8, 4) is 34.4 Å². The first-order valence-electron chi connectivity index (χ1n) is 16.1. The van der Waals surface area contributed by atoms with Crippen LogP contribution in [-0.2, 0) is 15.1 Å². The van der Waals surface area contributed by atoms with Crippen molar-refractivity contribution in [2.75, 3.05) is 6.61 Å². The molecule has 12 nitrogen and oxygen atoms in total. The van der Waals surface area contributed by atoms with E-state index < -0.39 is 54.2 Å². The van der Waals surface area contributed by atoms with Gasteiger partial charge in [0.2, 0.25) is 11.5 Å². The number of nitrogens with one attached hydrogen (secondary N) is 1. The summed E-state index contributed by atoms with van der Waals surface area (Å²) in [5, 5.41) is 10.5. The third-order valence-corrected chi connectivity index (χ3v) is 8.86. The van der Waals surface area contributed by atoms with Crippen LogP contribution in [0, 0.1) is 17.3 Å². The smallest absolute Gasteiger partial charge is 0.407 e. The average molecular weight is 740 g/mol. The molecule has 0 saturated heterocycles. The number of aliphatic imine (C=N–C) groups is 1. The molecule has 1 aliphatic carbocycles. The van der Waals surface area contributed by atoms with Gasteiger partial charge in [0.25, 0.3) is 5.91 Å². The number of hydrogen-bond acceptors (Lipinski definition) is 8. The van der Waals surface area contributed by atoms with E-state index in [-0.39, 0.29) is 22.4 Å². The Labute approximate surface area is 301 Å². The van der Waals surface area contributed by atoms with Gasteiger partial charge in [0.05, 0.1) is 17.3 Å². The molecule has 0 bridgehead atoms. The fourth-order valence-electron chi connectivity index (χ4n) is 5.45. The summed E-state index contributed by atoms with van der Waals surface area (Å²) in [4.78, 5) is 37.5. The lowest BCUT2D eigenvalue weighted by atomic mass is 9.86. The Morgan fingerprint density at radius 1 is 1.08 bits per heavy atom. The van der Waals surface area contributed by atoms with Crippen LogP contribution in [0.1, 0.15) is 70.8 Å². The lowest BCUT2D eigenvalue weighted by molar-refractivity contribution is -0.132. The SMILES string of the molecule is CC(C)(C)C#C[C@]1(c2ccc(-c3cnn(C(F)F)c3)cc2)N=C(N)N(C(COC(=O)NC2(C)CC2)c2ccc(Cl)c(-c3ncn(C(F)F)n3)c2)C1=O. The predicted octanol–water partition coefficient (Wildman–Crippen LogP) is 6.67. The Bertz CT molecular complexity index is 2100. The van der Waals surface area contributed by atoms with Gasteiger partial charge < -0.3 is 15.8 Å². The first-order chi connectivity index (χ1) is 24.5. The molecule has 2 atom stereocenters. The Hall–Kier alpha value is -5.43. The van der Waals surface area contributed by atoms with Crippen molar-refractivity contribution >= 4 is 29.6 Å². The minimum Gasteiger partial charge on any atom is -0.447 e. The Kier molecular flexibility index (Phi) is 9.51. The molecule has 52 heavy (non-hydrogen) atoms. The highest BCUT2D eigenvalue weighted by Crippen LogP contribution is 2.40. The number of rotatable bonds is 10. The Morgan fingerprint density at radius 2 is 1.77 bits per heavy atom. The molecule has 2 aromatic carbocycles. The van der Waals surface area contributed by atoms with Crippen molar-refractivity contribution < 1.29 is 31.9 Å². The van der Waals surface area contributed by atoms with Crippen LogP contribution >= 0.6 is 11.6 Å². The number of alkyl halides is 4. The van der Waals surface area contributed by atoms with Crippen molar-refractivity contribution in [1.82, 2.24) is 34.8 Å². The summed E-state index contributed by atoms with van der Waals surface area (Å²) in [7, 11) is 0. The largest absolute Gasteiger partial charge is 0.447 e. The number of amides is 2. The summed E-state index contributed by atoms with van der Waals surface area (Å²) in [6.07, 6.45) is 4.19. The number of nitrogens with zero attached hydrogens (tertiary/aromatic N) is 7. The normalized spacial score (nSPS) is 18.6. The van der Waals surface area contributed by atoms with Gasteiger partial charge in [-0.3, -0.25) is 9.69 Å². The van der Waals surface area contributed by atoms with Gasteiger partial charge in [-0.2, -0.15) is 27.3 Å². The van der Waals surface area contributed by atoms with Crippen LogP contribution in [-0.4, -0.2) is 59.6 Å². The molecule has 3 heterocycles. The number of nitrogens with two attached hydrogens (primary N) is 1. The van der Waals surface area contributed by atoms with Gasteiger partial charge in [0, 0.05) is 33.8 Å². The van der Waals surface area contributed by atoms with E-state index in [0.717, 1.165) is 19.2 Å². The summed E-state index contributed by atoms with van der Waals surface area (Å²) < 4.78 is 59.6. The predicted molar refractivity (Wildman–Crippen MR) is 183 cm³/mol. The molecule has 0 radical (unpaired) electrons. The molecule has 1 aliphatic heterocycles. The quantitative estimate of drug-likeness (QED) is 0.136. The van der Waals surface area contributed by atoms with E-state index in [9.17, 15) is 27.2 Å². The van der Waals surface area contributed by atoms with Crippen LogP contribution < -0.4 is 11.1 Å². The van der Waals surface area contributed by atoms with Gasteiger partial charge in [-0.15, -0.1) is 5.10 Å². The van der Waals surface area contributed by atoms with E-state index in [1.54, 1.807) is 30.3 Å². The number of alkyl carbamates (subject to hydrolysis) is 1. The molecule has 1 unspecified atom stereocenters. The molecule has 2 amide bonds. The summed E-state index contributed by atoms with van der Waals surface area (Å²) in [5.74, 6) is 5.14. The zero-order chi connectivity index (χ0) is 37.6. The molecule has 1 fully saturated rings. The topological polar surface area (TPSA) is 146 Å². The van der Waals surface area contributed by atoms with Gasteiger partial charge >= 0.3 is 19.2 Å². The second-order valence-corrected chi connectivity index (χ2v) is 14.2. The molecule has 1 saturated carbocycles. The third kappa shape index (κ3) is 7.45. The Balaban J connectivity index is 1.41. The number of benzene rings is 2. The number of carbonyl (C=O) groups excluding carboxylic acids is 2. The molecular formula is C35H34ClF4N9O3. The molecule has 2 aliphatic rings. The number of aromatic nitrogens is 5. The lowest BCUT2D eigenvalue weighted by Gasteiger charge is -2.30. The van der Waals surface area contributed by atoms with Crippen LogP contribution in [0.3, 0.4) is 0 Å². The van der Waals surface area contributed by atoms with Gasteiger partial charge in [-0.05, 0) is 63.8 Å². The first-order valence-corrected chi connectivity index (χ1v) is 16.5. The number of hydrogen-bond donors (Lipinski definition) is 2. The lowest BCUT2D eigenvalue weighted by Crippen LogP contribution is -2.47. The van der Waals surface area contributed by atoms with E-state index in [1.807, 2.05) is 27.7 Å². The van der Waals surface area contributed by atoms with Gasteiger partial charge in [-0.25, -0.2) is 19.5 Å². The van der Waals surface area contributed by atoms with E-state index in [0.29, 0.717) is 31.6 Å². The van der Waals surface area contributed by atoms with Crippen molar-refractivity contribution in [3.63, 3.8) is 0 Å². The molecule has 3 N–H and O–H groups in total. The zero-order valence-electron chi connectivity index (χ0n) is 28.4. The molecule has 4 aromatic rings. The van der Waals surface area contributed by atoms with Crippen molar-refractivity contribution in [2.45, 2.75) is 70.8 Å². The van der Waals surface area contributed by atoms with Gasteiger partial charge in [0.1, 0.15) is 12.9 Å². The maximum Gasteiger partial charge on any atom is 0.407 e. The van der Waals surface area contributed by atoms with Crippen LogP contribution in [0.25, 0.3) is 22.5 Å². The maximum atomic E-state index is 14.8. The fourth-order valence-corrected chi connectivity index (χ4v) is 5.66. The molecule has 17 heteroatoms. The zero-order valence-corrected chi connectivity index (χ0v) is 29.2. The minimum absolute atomic E-state index is 0.106. The summed E-state index contributed by atoms with van der Waals surface area (Å²) >= 11 is 6.47. The van der Waals surface area contributed by atoms with E-state index in [2.05, 4.69) is 37.3 Å². The monoisotopic (exact) mass is 739 g/mol. The Morgan fingerprint density at radius 3 is 2.37 bits per heavy atom. The van der Waals surface area contributed by atoms with Crippen molar-refractivity contribution in [1.29, 1.82) is 0 Å². The van der Waals surface area contributed by atoms with Gasteiger partial charge in [-0.1, -0.05) is 53.8 Å². The van der Waals surface area contributed by atoms with E-state index >= 15 is 0 Å². The second-order valence-electron chi connectivity index (χ2n) is 13.8. The standard InChI is InChI=1S/C35H34ClF4N9O3/c1-33(2,3)11-14-35(23-8-5-20(6-9-23)22-16-43-47(17-22)29(37)38)28(50)49(31(41)44-35)26(18-52-32(51)45-34(4)12-13-34)21-7-10-25(36)24(15-21)27-42-19-48(46-27)30(39)40/h5-10,15-17,19,26,29-30H,12-13,18H2,1-4H3,(H2,41,44)(H,45,51)/t26?,35-/m1/s1. The molecule has 272 valence electrons. The maximum absolute atomic E-state index is 14.8. The molecule has 6 rings (SSSR count). The van der Waals surface area contributed by atoms with Crippen LogP contribution in [0.4, 0.5) is 22.4 Å². The number of carbonyl (C=O) groups is 2. The average Bonchev–Trinajstić information content (AvgIpc) is 3.45. The van der Waals surface area contributed by atoms with Crippen molar-refractivity contribution in [2.24, 2.45) is 16.1 Å². The highest BCUT2D eigenvalue weighted by molar-refractivity contribution is 6.33. The van der Waals surface area contributed by atoms with Crippen LogP contribution in [0.15, 0.2) is 66.2 Å². The van der Waals surface area contributed by atoms with E-state index in [4.69, 9.17) is 22.1 Å². The summed E-state index contributed by atoms with van der Waals surface area (Å²) in [6.45, 7) is 1.28.